The lowest BCUT2D eigenvalue weighted by Gasteiger charge is -2.18. The van der Waals surface area contributed by atoms with Crippen LogP contribution in [0.5, 0.6) is 28.7 Å². The summed E-state index contributed by atoms with van der Waals surface area (Å²) in [5.41, 5.74) is 3.63. The molecule has 162 valence electrons. The van der Waals surface area contributed by atoms with Gasteiger partial charge in [0.2, 0.25) is 0 Å². The van der Waals surface area contributed by atoms with Gasteiger partial charge < -0.3 is 24.8 Å². The number of allylic oxidation sites excluding steroid dienone is 1. The lowest BCUT2D eigenvalue weighted by Crippen LogP contribution is -1.95. The lowest BCUT2D eigenvalue weighted by molar-refractivity contribution is 0.369. The third kappa shape index (κ3) is 4.91. The average Bonchev–Trinajstić information content (AvgIpc) is 2.74. The Balaban J connectivity index is 2.08. The van der Waals surface area contributed by atoms with Crippen molar-refractivity contribution in [2.75, 3.05) is 20.0 Å². The summed E-state index contributed by atoms with van der Waals surface area (Å²) in [6, 6.07) is 13.6. The summed E-state index contributed by atoms with van der Waals surface area (Å²) in [6.07, 6.45) is 2.10. The monoisotopic (exact) mass is 438 g/mol. The maximum atomic E-state index is 11.1. The third-order valence-corrected chi connectivity index (χ3v) is 5.79. The third-order valence-electron chi connectivity index (χ3n) is 4.80. The Morgan fingerprint density at radius 1 is 0.903 bits per heavy atom. The van der Waals surface area contributed by atoms with Crippen molar-refractivity contribution >= 4 is 11.8 Å². The number of methoxy groups -OCH3 is 2. The van der Waals surface area contributed by atoms with Gasteiger partial charge in [0.1, 0.15) is 17.2 Å². The number of aromatic hydroxyl groups is 3. The minimum atomic E-state index is -0.0886. The van der Waals surface area contributed by atoms with Crippen LogP contribution in [0.1, 0.15) is 13.8 Å². The van der Waals surface area contributed by atoms with Crippen molar-refractivity contribution in [3.63, 3.8) is 0 Å². The molecule has 0 spiro atoms. The van der Waals surface area contributed by atoms with Crippen molar-refractivity contribution in [2.45, 2.75) is 18.7 Å². The largest absolute Gasteiger partial charge is 0.508 e. The van der Waals surface area contributed by atoms with Gasteiger partial charge in [-0.05, 0) is 55.3 Å². The van der Waals surface area contributed by atoms with Crippen molar-refractivity contribution in [1.29, 1.82) is 0 Å². The molecule has 0 fully saturated rings. The van der Waals surface area contributed by atoms with Gasteiger partial charge in [-0.1, -0.05) is 29.8 Å². The summed E-state index contributed by atoms with van der Waals surface area (Å²) in [6.45, 7) is 4.07. The fraction of sp³-hybridized carbons (Fsp3) is 0.200. The van der Waals surface area contributed by atoms with Crippen LogP contribution in [0.3, 0.4) is 0 Å². The second-order valence-electron chi connectivity index (χ2n) is 7.21. The molecular weight excluding hydrogens is 412 g/mol. The second kappa shape index (κ2) is 9.71. The topological polar surface area (TPSA) is 79.2 Å². The SMILES string of the molecule is COc1cc(-c2ccc(O)cc2)c(OC)c(O)c1-c1ccc(SCC=C(C)C)c(O)c1. The van der Waals surface area contributed by atoms with E-state index in [1.54, 1.807) is 36.4 Å². The number of hydrogen-bond donors (Lipinski definition) is 3. The zero-order valence-electron chi connectivity index (χ0n) is 18.0. The summed E-state index contributed by atoms with van der Waals surface area (Å²) in [7, 11) is 3.00. The van der Waals surface area contributed by atoms with E-state index in [1.807, 2.05) is 26.0 Å². The molecule has 3 aromatic carbocycles. The van der Waals surface area contributed by atoms with E-state index >= 15 is 0 Å². The second-order valence-corrected chi connectivity index (χ2v) is 8.27. The molecule has 3 rings (SSSR count). The molecule has 0 saturated heterocycles. The molecule has 0 heterocycles. The molecule has 5 nitrogen and oxygen atoms in total. The van der Waals surface area contributed by atoms with Gasteiger partial charge in [-0.15, -0.1) is 11.8 Å². The Morgan fingerprint density at radius 2 is 1.58 bits per heavy atom. The van der Waals surface area contributed by atoms with E-state index in [4.69, 9.17) is 9.47 Å². The molecule has 6 heteroatoms. The maximum Gasteiger partial charge on any atom is 0.170 e. The molecule has 0 aromatic heterocycles. The van der Waals surface area contributed by atoms with E-state index < -0.39 is 0 Å². The standard InChI is InChI=1S/C25H26O5S/c1-15(2)11-12-31-22-10-7-17(13-20(22)27)23-21(29-3)14-19(25(30-4)24(23)28)16-5-8-18(26)9-6-16/h5-11,13-14,26-28H,12H2,1-4H3. The number of phenols is 3. The van der Waals surface area contributed by atoms with Crippen LogP contribution >= 0.6 is 11.8 Å². The normalized spacial score (nSPS) is 10.6. The van der Waals surface area contributed by atoms with Crippen LogP contribution in [0, 0.1) is 0 Å². The highest BCUT2D eigenvalue weighted by atomic mass is 32.2. The number of ether oxygens (including phenoxy) is 2. The van der Waals surface area contributed by atoms with E-state index in [2.05, 4.69) is 6.08 Å². The first-order valence-electron chi connectivity index (χ1n) is 9.72. The van der Waals surface area contributed by atoms with Crippen LogP contribution in [0.4, 0.5) is 0 Å². The highest BCUT2D eigenvalue weighted by Gasteiger charge is 2.22. The quantitative estimate of drug-likeness (QED) is 0.300. The molecule has 3 aromatic rings. The first-order valence-corrected chi connectivity index (χ1v) is 10.7. The molecule has 0 saturated carbocycles. The molecule has 0 aliphatic heterocycles. The van der Waals surface area contributed by atoms with Crippen LogP contribution in [0.25, 0.3) is 22.3 Å². The van der Waals surface area contributed by atoms with Gasteiger partial charge in [-0.2, -0.15) is 0 Å². The summed E-state index contributed by atoms with van der Waals surface area (Å²) in [4.78, 5) is 0.757. The smallest absolute Gasteiger partial charge is 0.170 e. The Morgan fingerprint density at radius 3 is 2.16 bits per heavy atom. The van der Waals surface area contributed by atoms with Gasteiger partial charge in [0.05, 0.1) is 19.8 Å². The van der Waals surface area contributed by atoms with Crippen LogP contribution < -0.4 is 9.47 Å². The van der Waals surface area contributed by atoms with Crippen LogP contribution in [-0.4, -0.2) is 35.3 Å². The summed E-state index contributed by atoms with van der Waals surface area (Å²) < 4.78 is 11.1. The first kappa shape index (κ1) is 22.4. The molecule has 0 atom stereocenters. The van der Waals surface area contributed by atoms with Crippen LogP contribution in [0.2, 0.25) is 0 Å². The predicted octanol–water partition coefficient (Wildman–Crippen LogP) is 6.21. The van der Waals surface area contributed by atoms with E-state index in [0.717, 1.165) is 16.2 Å². The number of thioether (sulfide) groups is 1. The molecule has 0 aliphatic rings. The van der Waals surface area contributed by atoms with E-state index in [1.165, 1.54) is 31.6 Å². The van der Waals surface area contributed by atoms with Gasteiger partial charge in [0, 0.05) is 16.2 Å². The molecule has 0 amide bonds. The van der Waals surface area contributed by atoms with Gasteiger partial charge in [-0.25, -0.2) is 0 Å². The number of hydrogen-bond acceptors (Lipinski definition) is 6. The fourth-order valence-electron chi connectivity index (χ4n) is 3.22. The van der Waals surface area contributed by atoms with Crippen molar-refractivity contribution in [3.05, 3.63) is 60.2 Å². The van der Waals surface area contributed by atoms with Crippen molar-refractivity contribution in [1.82, 2.24) is 0 Å². The van der Waals surface area contributed by atoms with E-state index in [-0.39, 0.29) is 23.0 Å². The molecule has 0 bridgehead atoms. The predicted molar refractivity (Wildman–Crippen MR) is 126 cm³/mol. The van der Waals surface area contributed by atoms with Gasteiger partial charge in [-0.3, -0.25) is 0 Å². The van der Waals surface area contributed by atoms with Crippen molar-refractivity contribution in [2.24, 2.45) is 0 Å². The molecular formula is C25H26O5S. The zero-order chi connectivity index (χ0) is 22.5. The molecule has 0 aliphatic carbocycles. The van der Waals surface area contributed by atoms with Gasteiger partial charge in [0.25, 0.3) is 0 Å². The minimum absolute atomic E-state index is 0.0886. The van der Waals surface area contributed by atoms with Crippen LogP contribution in [0.15, 0.2) is 65.1 Å². The summed E-state index contributed by atoms with van der Waals surface area (Å²) in [5.74, 6) is 1.67. The number of benzene rings is 3. The van der Waals surface area contributed by atoms with E-state index in [0.29, 0.717) is 22.4 Å². The Bertz CT molecular complexity index is 1100. The number of phenolic OH excluding ortho intramolecular Hbond substituents is 3. The summed E-state index contributed by atoms with van der Waals surface area (Å²) >= 11 is 1.54. The Labute approximate surface area is 186 Å². The fourth-order valence-corrected chi connectivity index (χ4v) is 4.19. The maximum absolute atomic E-state index is 11.1. The minimum Gasteiger partial charge on any atom is -0.508 e. The van der Waals surface area contributed by atoms with Crippen molar-refractivity contribution in [3.8, 4) is 51.0 Å². The molecule has 0 radical (unpaired) electrons. The number of rotatable bonds is 7. The lowest BCUT2D eigenvalue weighted by atomic mass is 9.96. The van der Waals surface area contributed by atoms with Gasteiger partial charge >= 0.3 is 0 Å². The highest BCUT2D eigenvalue weighted by Crippen LogP contribution is 2.50. The molecule has 3 N–H and O–H groups in total. The Hall–Kier alpha value is -3.25. The van der Waals surface area contributed by atoms with Crippen molar-refractivity contribution < 1.29 is 24.8 Å². The zero-order valence-corrected chi connectivity index (χ0v) is 18.8. The highest BCUT2D eigenvalue weighted by molar-refractivity contribution is 7.99. The first-order chi connectivity index (χ1) is 14.8. The van der Waals surface area contributed by atoms with Crippen LogP contribution in [-0.2, 0) is 0 Å². The summed E-state index contributed by atoms with van der Waals surface area (Å²) in [5, 5.41) is 31.2. The van der Waals surface area contributed by atoms with Gasteiger partial charge in [0.15, 0.2) is 11.5 Å². The molecule has 0 unspecified atom stereocenters. The molecule has 31 heavy (non-hydrogen) atoms. The Kier molecular flexibility index (Phi) is 7.02. The average molecular weight is 439 g/mol. The van der Waals surface area contributed by atoms with E-state index in [9.17, 15) is 15.3 Å².